The van der Waals surface area contributed by atoms with Gasteiger partial charge in [-0.2, -0.15) is 0 Å². The molecule has 3 nitrogen and oxygen atoms in total. The van der Waals surface area contributed by atoms with Crippen LogP contribution >= 0.6 is 11.8 Å². The summed E-state index contributed by atoms with van der Waals surface area (Å²) < 4.78 is 0. The van der Waals surface area contributed by atoms with Crippen LogP contribution in [0, 0.1) is 17.0 Å². The smallest absolute Gasteiger partial charge is 0.258 e. The van der Waals surface area contributed by atoms with Gasteiger partial charge in [0.2, 0.25) is 0 Å². The quantitative estimate of drug-likeness (QED) is 0.603. The molecule has 0 atom stereocenters. The molecule has 0 fully saturated rings. The van der Waals surface area contributed by atoms with E-state index in [4.69, 9.17) is 0 Å². The van der Waals surface area contributed by atoms with Crippen LogP contribution in [0.1, 0.15) is 18.1 Å². The summed E-state index contributed by atoms with van der Waals surface area (Å²) in [5.74, 6) is 0. The van der Waals surface area contributed by atoms with Crippen LogP contribution in [0.25, 0.3) is 0 Å². The lowest BCUT2D eigenvalue weighted by molar-refractivity contribution is -0.385. The van der Waals surface area contributed by atoms with E-state index in [1.807, 2.05) is 13.0 Å². The first-order chi connectivity index (χ1) is 9.10. The Hall–Kier alpha value is -1.81. The van der Waals surface area contributed by atoms with Crippen LogP contribution in [0.2, 0.25) is 0 Å². The maximum Gasteiger partial charge on any atom is 0.269 e. The van der Waals surface area contributed by atoms with Crippen molar-refractivity contribution in [3.8, 4) is 0 Å². The molecule has 0 radical (unpaired) electrons. The molecule has 2 rings (SSSR count). The fourth-order valence-corrected chi connectivity index (χ4v) is 2.66. The average Bonchev–Trinajstić information content (AvgIpc) is 2.41. The first kappa shape index (κ1) is 13.6. The van der Waals surface area contributed by atoms with Crippen LogP contribution in [0.5, 0.6) is 0 Å². The average molecular weight is 273 g/mol. The van der Waals surface area contributed by atoms with Crippen molar-refractivity contribution in [2.75, 3.05) is 0 Å². The Kier molecular flexibility index (Phi) is 4.22. The van der Waals surface area contributed by atoms with Crippen LogP contribution in [0.3, 0.4) is 0 Å². The highest BCUT2D eigenvalue weighted by Crippen LogP contribution is 2.32. The van der Waals surface area contributed by atoms with E-state index in [1.54, 1.807) is 23.9 Å². The fraction of sp³-hybridized carbons (Fsp3) is 0.200. The van der Waals surface area contributed by atoms with Gasteiger partial charge in [-0.3, -0.25) is 10.1 Å². The van der Waals surface area contributed by atoms with Crippen molar-refractivity contribution in [2.45, 2.75) is 30.1 Å². The molecule has 0 unspecified atom stereocenters. The highest BCUT2D eigenvalue weighted by atomic mass is 32.2. The van der Waals surface area contributed by atoms with E-state index >= 15 is 0 Å². The molecule has 0 saturated heterocycles. The van der Waals surface area contributed by atoms with E-state index in [-0.39, 0.29) is 10.6 Å². The van der Waals surface area contributed by atoms with Crippen molar-refractivity contribution in [3.05, 3.63) is 63.7 Å². The largest absolute Gasteiger partial charge is 0.269 e. The number of aryl methyl sites for hydroxylation is 2. The Morgan fingerprint density at radius 1 is 1.16 bits per heavy atom. The topological polar surface area (TPSA) is 43.1 Å². The predicted molar refractivity (Wildman–Crippen MR) is 77.8 cm³/mol. The molecule has 0 aliphatic carbocycles. The molecule has 19 heavy (non-hydrogen) atoms. The lowest BCUT2D eigenvalue weighted by Gasteiger charge is -2.06. The molecule has 0 heterocycles. The Labute approximate surface area is 116 Å². The number of rotatable bonds is 4. The van der Waals surface area contributed by atoms with Gasteiger partial charge in [0.15, 0.2) is 0 Å². The lowest BCUT2D eigenvalue weighted by Crippen LogP contribution is -1.89. The van der Waals surface area contributed by atoms with Crippen molar-refractivity contribution >= 4 is 17.4 Å². The van der Waals surface area contributed by atoms with Gasteiger partial charge in [0.1, 0.15) is 0 Å². The van der Waals surface area contributed by atoms with Gasteiger partial charge in [-0.15, -0.1) is 0 Å². The third-order valence-electron chi connectivity index (χ3n) is 2.93. The summed E-state index contributed by atoms with van der Waals surface area (Å²) in [7, 11) is 0. The van der Waals surface area contributed by atoms with Crippen LogP contribution in [0.4, 0.5) is 5.69 Å². The van der Waals surface area contributed by atoms with Gasteiger partial charge in [-0.1, -0.05) is 30.8 Å². The van der Waals surface area contributed by atoms with E-state index < -0.39 is 0 Å². The molecule has 0 N–H and O–H groups in total. The lowest BCUT2D eigenvalue weighted by atomic mass is 10.2. The van der Waals surface area contributed by atoms with E-state index in [2.05, 4.69) is 31.2 Å². The van der Waals surface area contributed by atoms with Crippen molar-refractivity contribution < 1.29 is 4.92 Å². The predicted octanol–water partition coefficient (Wildman–Crippen LogP) is 4.62. The minimum Gasteiger partial charge on any atom is -0.258 e. The van der Waals surface area contributed by atoms with Crippen LogP contribution in [0.15, 0.2) is 52.3 Å². The highest BCUT2D eigenvalue weighted by molar-refractivity contribution is 7.99. The molecule has 0 spiro atoms. The Balaban J connectivity index is 2.20. The summed E-state index contributed by atoms with van der Waals surface area (Å²) in [4.78, 5) is 12.5. The second-order valence-corrected chi connectivity index (χ2v) is 5.42. The molecule has 0 aliphatic heterocycles. The Bertz CT molecular complexity index is 594. The van der Waals surface area contributed by atoms with Gasteiger partial charge >= 0.3 is 0 Å². The summed E-state index contributed by atoms with van der Waals surface area (Å²) in [6.45, 7) is 4.03. The summed E-state index contributed by atoms with van der Waals surface area (Å²) in [6.07, 6.45) is 1.03. The standard InChI is InChI=1S/C15H15NO2S/c1-3-12-4-7-14(8-5-12)19-15-9-6-13(16(17)18)10-11(15)2/h4-10H,3H2,1-2H3. The molecule has 0 aromatic heterocycles. The third kappa shape index (κ3) is 3.35. The summed E-state index contributed by atoms with van der Waals surface area (Å²) in [5.41, 5.74) is 2.38. The zero-order valence-corrected chi connectivity index (χ0v) is 11.7. The number of nitro benzene ring substituents is 1. The number of non-ortho nitro benzene ring substituents is 1. The van der Waals surface area contributed by atoms with E-state index in [0.29, 0.717) is 0 Å². The summed E-state index contributed by atoms with van der Waals surface area (Å²) >= 11 is 1.63. The van der Waals surface area contributed by atoms with Crippen LogP contribution < -0.4 is 0 Å². The normalized spacial score (nSPS) is 10.4. The fourth-order valence-electron chi connectivity index (χ4n) is 1.78. The third-order valence-corrected chi connectivity index (χ3v) is 4.11. The highest BCUT2D eigenvalue weighted by Gasteiger charge is 2.08. The van der Waals surface area contributed by atoms with Crippen molar-refractivity contribution in [2.24, 2.45) is 0 Å². The molecule has 98 valence electrons. The van der Waals surface area contributed by atoms with Crippen LogP contribution in [-0.2, 0) is 6.42 Å². The molecule has 0 amide bonds. The maximum atomic E-state index is 10.7. The molecular formula is C15H15NO2S. The monoisotopic (exact) mass is 273 g/mol. The zero-order chi connectivity index (χ0) is 13.8. The molecule has 0 aliphatic rings. The van der Waals surface area contributed by atoms with Gasteiger partial charge in [-0.05, 0) is 42.7 Å². The van der Waals surface area contributed by atoms with E-state index in [0.717, 1.165) is 21.8 Å². The van der Waals surface area contributed by atoms with Gasteiger partial charge in [0, 0.05) is 21.9 Å². The number of nitrogens with zero attached hydrogens (tertiary/aromatic N) is 1. The minimum atomic E-state index is -0.364. The van der Waals surface area contributed by atoms with E-state index in [9.17, 15) is 10.1 Å². The van der Waals surface area contributed by atoms with Crippen LogP contribution in [-0.4, -0.2) is 4.92 Å². The first-order valence-corrected chi connectivity index (χ1v) is 6.93. The number of hydrogen-bond acceptors (Lipinski definition) is 3. The van der Waals surface area contributed by atoms with Gasteiger partial charge in [0.25, 0.3) is 5.69 Å². The SMILES string of the molecule is CCc1ccc(Sc2ccc([N+](=O)[O-])cc2C)cc1. The molecule has 2 aromatic carbocycles. The van der Waals surface area contributed by atoms with Crippen molar-refractivity contribution in [1.82, 2.24) is 0 Å². The summed E-state index contributed by atoms with van der Waals surface area (Å²) in [5, 5.41) is 10.7. The number of benzene rings is 2. The minimum absolute atomic E-state index is 0.142. The molecule has 0 bridgehead atoms. The zero-order valence-electron chi connectivity index (χ0n) is 10.9. The second kappa shape index (κ2) is 5.89. The Morgan fingerprint density at radius 2 is 1.84 bits per heavy atom. The summed E-state index contributed by atoms with van der Waals surface area (Å²) in [6, 6.07) is 13.4. The molecule has 0 saturated carbocycles. The number of nitro groups is 1. The number of hydrogen-bond donors (Lipinski definition) is 0. The van der Waals surface area contributed by atoms with Crippen molar-refractivity contribution in [1.29, 1.82) is 0 Å². The molecule has 4 heteroatoms. The van der Waals surface area contributed by atoms with E-state index in [1.165, 1.54) is 5.56 Å². The Morgan fingerprint density at radius 3 is 2.37 bits per heavy atom. The molecular weight excluding hydrogens is 258 g/mol. The first-order valence-electron chi connectivity index (χ1n) is 6.12. The molecule has 2 aromatic rings. The maximum absolute atomic E-state index is 10.7. The second-order valence-electron chi connectivity index (χ2n) is 4.31. The van der Waals surface area contributed by atoms with Gasteiger partial charge in [-0.25, -0.2) is 0 Å². The van der Waals surface area contributed by atoms with Crippen molar-refractivity contribution in [3.63, 3.8) is 0 Å². The van der Waals surface area contributed by atoms with Gasteiger partial charge in [0.05, 0.1) is 4.92 Å². The van der Waals surface area contributed by atoms with Gasteiger partial charge < -0.3 is 0 Å².